The molecule has 51 heavy (non-hydrogen) atoms. The average molecular weight is 664 g/mol. The molecule has 0 bridgehead atoms. The third kappa shape index (κ3) is 6.06. The SMILES string of the molecule is C=CC(=O)Oc1ccc(-c2ccc(N(c3ccc(-c4ccc(OC(=O)C=C)cc4)cc3)c3ccc4ccc5c6c4c3CC=C6CC=C5)cc2)cc1. The van der Waals surface area contributed by atoms with E-state index in [0.29, 0.717) is 11.5 Å². The van der Waals surface area contributed by atoms with E-state index in [-0.39, 0.29) is 0 Å². The fourth-order valence-corrected chi connectivity index (χ4v) is 7.00. The summed E-state index contributed by atoms with van der Waals surface area (Å²) in [4.78, 5) is 25.6. The number of nitrogens with zero attached hydrogens (tertiary/aromatic N) is 1. The van der Waals surface area contributed by atoms with Crippen molar-refractivity contribution in [1.29, 1.82) is 0 Å². The van der Waals surface area contributed by atoms with Gasteiger partial charge >= 0.3 is 11.9 Å². The zero-order valence-electron chi connectivity index (χ0n) is 27.8. The predicted molar refractivity (Wildman–Crippen MR) is 206 cm³/mol. The number of hydrogen-bond donors (Lipinski definition) is 0. The van der Waals surface area contributed by atoms with Crippen molar-refractivity contribution in [3.05, 3.63) is 175 Å². The monoisotopic (exact) mass is 663 g/mol. The van der Waals surface area contributed by atoms with E-state index in [9.17, 15) is 9.59 Å². The smallest absolute Gasteiger partial charge is 0.335 e. The normalized spacial score (nSPS) is 12.5. The Balaban J connectivity index is 1.19. The van der Waals surface area contributed by atoms with Crippen molar-refractivity contribution in [2.75, 3.05) is 4.90 Å². The van der Waals surface area contributed by atoms with Gasteiger partial charge in [0.1, 0.15) is 11.5 Å². The van der Waals surface area contributed by atoms with Crippen LogP contribution in [0.15, 0.2) is 159 Å². The highest BCUT2D eigenvalue weighted by Gasteiger charge is 2.25. The summed E-state index contributed by atoms with van der Waals surface area (Å²) in [5, 5.41) is 2.59. The van der Waals surface area contributed by atoms with Crippen molar-refractivity contribution < 1.29 is 19.1 Å². The van der Waals surface area contributed by atoms with Gasteiger partial charge in [-0.3, -0.25) is 0 Å². The van der Waals surface area contributed by atoms with Crippen molar-refractivity contribution in [1.82, 2.24) is 0 Å². The molecule has 0 aromatic heterocycles. The van der Waals surface area contributed by atoms with Gasteiger partial charge in [0.05, 0.1) is 5.69 Å². The molecular formula is C46H33NO4. The zero-order valence-corrected chi connectivity index (χ0v) is 27.8. The van der Waals surface area contributed by atoms with Gasteiger partial charge in [0.2, 0.25) is 0 Å². The molecule has 5 nitrogen and oxygen atoms in total. The Hall–Kier alpha value is -6.72. The third-order valence-corrected chi connectivity index (χ3v) is 9.45. The van der Waals surface area contributed by atoms with Gasteiger partial charge in [-0.05, 0) is 123 Å². The van der Waals surface area contributed by atoms with Crippen LogP contribution in [0.1, 0.15) is 23.1 Å². The topological polar surface area (TPSA) is 55.8 Å². The zero-order chi connectivity index (χ0) is 34.9. The fourth-order valence-electron chi connectivity index (χ4n) is 7.00. The van der Waals surface area contributed by atoms with Crippen LogP contribution in [0.3, 0.4) is 0 Å². The Morgan fingerprint density at radius 3 is 1.59 bits per heavy atom. The van der Waals surface area contributed by atoms with Crippen molar-refractivity contribution >= 4 is 51.4 Å². The minimum absolute atomic E-state index is 0.474. The lowest BCUT2D eigenvalue weighted by molar-refractivity contribution is -0.129. The number of ether oxygens (including phenoxy) is 2. The summed E-state index contributed by atoms with van der Waals surface area (Å²) < 4.78 is 10.5. The Bertz CT molecular complexity index is 2290. The van der Waals surface area contributed by atoms with Crippen LogP contribution in [-0.2, 0) is 16.0 Å². The van der Waals surface area contributed by atoms with Gasteiger partial charge in [-0.15, -0.1) is 0 Å². The lowest BCUT2D eigenvalue weighted by Gasteiger charge is -2.31. The lowest BCUT2D eigenvalue weighted by Crippen LogP contribution is -2.14. The number of carbonyl (C=O) groups is 2. The van der Waals surface area contributed by atoms with Crippen molar-refractivity contribution in [2.45, 2.75) is 12.8 Å². The van der Waals surface area contributed by atoms with Gasteiger partial charge in [-0.2, -0.15) is 0 Å². The van der Waals surface area contributed by atoms with Crippen molar-refractivity contribution in [3.8, 4) is 33.8 Å². The Kier molecular flexibility index (Phi) is 8.22. The quantitative estimate of drug-likeness (QED) is 0.0875. The molecule has 0 fully saturated rings. The second kappa shape index (κ2) is 13.3. The molecule has 0 amide bonds. The third-order valence-electron chi connectivity index (χ3n) is 9.45. The molecule has 246 valence electrons. The molecule has 0 saturated carbocycles. The summed E-state index contributed by atoms with van der Waals surface area (Å²) in [6.45, 7) is 6.93. The minimum Gasteiger partial charge on any atom is -0.423 e. The van der Waals surface area contributed by atoms with E-state index >= 15 is 0 Å². The second-order valence-electron chi connectivity index (χ2n) is 12.5. The van der Waals surface area contributed by atoms with Gasteiger partial charge < -0.3 is 14.4 Å². The molecule has 8 rings (SSSR count). The Morgan fingerprint density at radius 1 is 0.588 bits per heavy atom. The number of benzene rings is 6. The number of hydrogen-bond acceptors (Lipinski definition) is 5. The number of carbonyl (C=O) groups excluding carboxylic acids is 2. The predicted octanol–water partition coefficient (Wildman–Crippen LogP) is 11.2. The average Bonchev–Trinajstić information content (AvgIpc) is 3.18. The van der Waals surface area contributed by atoms with Crippen LogP contribution in [-0.4, -0.2) is 11.9 Å². The molecule has 0 unspecified atom stereocenters. The van der Waals surface area contributed by atoms with E-state index in [4.69, 9.17) is 9.47 Å². The molecule has 0 heterocycles. The van der Waals surface area contributed by atoms with Crippen LogP contribution in [0.2, 0.25) is 0 Å². The lowest BCUT2D eigenvalue weighted by atomic mass is 9.81. The molecule has 6 aromatic rings. The molecule has 0 N–H and O–H groups in total. The molecule has 0 saturated heterocycles. The highest BCUT2D eigenvalue weighted by molar-refractivity contribution is 6.05. The molecule has 0 aliphatic heterocycles. The highest BCUT2D eigenvalue weighted by atomic mass is 16.5. The first-order valence-corrected chi connectivity index (χ1v) is 16.8. The van der Waals surface area contributed by atoms with Gasteiger partial charge in [0.25, 0.3) is 0 Å². The maximum atomic E-state index is 11.6. The maximum Gasteiger partial charge on any atom is 0.335 e. The first-order valence-electron chi connectivity index (χ1n) is 16.8. The fraction of sp³-hybridized carbons (Fsp3) is 0.0435. The van der Waals surface area contributed by atoms with E-state index in [1.54, 1.807) is 24.3 Å². The standard InChI is InChI=1S/C46H33NO4/c1-3-43(48)50-39-24-14-32(15-25-39)30-10-20-37(21-11-30)47(38-22-12-31(13-23-38)33-16-26-40(27-17-33)51-44(49)4-2)42-29-19-36-9-8-34-6-5-7-35-18-28-41(42)46(36)45(34)35/h3-6,8-27,29H,1-2,7,28H2. The van der Waals surface area contributed by atoms with E-state index in [0.717, 1.165) is 64.3 Å². The molecule has 0 radical (unpaired) electrons. The number of rotatable bonds is 9. The summed E-state index contributed by atoms with van der Waals surface area (Å²) in [7, 11) is 0. The molecule has 2 aliphatic rings. The van der Waals surface area contributed by atoms with Gasteiger partial charge in [0, 0.05) is 23.5 Å². The van der Waals surface area contributed by atoms with E-state index in [1.165, 1.54) is 33.0 Å². The van der Waals surface area contributed by atoms with Gasteiger partial charge in [0.15, 0.2) is 0 Å². The van der Waals surface area contributed by atoms with E-state index in [2.05, 4.69) is 109 Å². The summed E-state index contributed by atoms with van der Waals surface area (Å²) in [5.41, 5.74) is 12.7. The number of allylic oxidation sites excluding steroid dienone is 3. The summed E-state index contributed by atoms with van der Waals surface area (Å²) in [6, 6.07) is 41.0. The molecule has 0 atom stereocenters. The molecule has 6 aromatic carbocycles. The number of esters is 2. The van der Waals surface area contributed by atoms with Crippen LogP contribution in [0.5, 0.6) is 11.5 Å². The van der Waals surface area contributed by atoms with E-state index < -0.39 is 11.9 Å². The van der Waals surface area contributed by atoms with Crippen molar-refractivity contribution in [3.63, 3.8) is 0 Å². The molecule has 5 heteroatoms. The van der Waals surface area contributed by atoms with Crippen LogP contribution in [0.25, 0.3) is 44.7 Å². The molecule has 2 aliphatic carbocycles. The minimum atomic E-state index is -0.485. The van der Waals surface area contributed by atoms with Crippen LogP contribution >= 0.6 is 0 Å². The maximum absolute atomic E-state index is 11.6. The first kappa shape index (κ1) is 31.5. The largest absolute Gasteiger partial charge is 0.423 e. The van der Waals surface area contributed by atoms with Crippen LogP contribution in [0, 0.1) is 0 Å². The number of anilines is 3. The first-order chi connectivity index (χ1) is 25.0. The Labute approximate surface area is 296 Å². The van der Waals surface area contributed by atoms with E-state index in [1.807, 2.05) is 24.3 Å². The molecule has 0 spiro atoms. The van der Waals surface area contributed by atoms with Crippen LogP contribution in [0.4, 0.5) is 17.1 Å². The summed E-state index contributed by atoms with van der Waals surface area (Å²) in [6.07, 6.45) is 11.0. The second-order valence-corrected chi connectivity index (χ2v) is 12.5. The van der Waals surface area contributed by atoms with Gasteiger partial charge in [-0.1, -0.05) is 98.1 Å². The van der Waals surface area contributed by atoms with Gasteiger partial charge in [-0.25, -0.2) is 9.59 Å². The van der Waals surface area contributed by atoms with Crippen LogP contribution < -0.4 is 14.4 Å². The molecular weight excluding hydrogens is 631 g/mol. The Morgan fingerprint density at radius 2 is 1.08 bits per heavy atom. The highest BCUT2D eigenvalue weighted by Crippen LogP contribution is 2.46. The summed E-state index contributed by atoms with van der Waals surface area (Å²) in [5.74, 6) is -0.0218. The van der Waals surface area contributed by atoms with Crippen molar-refractivity contribution in [2.24, 2.45) is 0 Å². The summed E-state index contributed by atoms with van der Waals surface area (Å²) >= 11 is 0.